The molecule has 1 aliphatic rings. The van der Waals surface area contributed by atoms with Gasteiger partial charge in [0.1, 0.15) is 35.5 Å². The van der Waals surface area contributed by atoms with Crippen molar-refractivity contribution >= 4 is 17.6 Å². The van der Waals surface area contributed by atoms with E-state index in [2.05, 4.69) is 6.07 Å². The van der Waals surface area contributed by atoms with Gasteiger partial charge < -0.3 is 24.7 Å². The minimum atomic E-state index is -0.752. The third kappa shape index (κ3) is 4.66. The number of halogens is 1. The third-order valence-corrected chi connectivity index (χ3v) is 5.27. The van der Waals surface area contributed by atoms with E-state index in [9.17, 15) is 10.1 Å². The summed E-state index contributed by atoms with van der Waals surface area (Å²) in [4.78, 5) is 12.7. The SMILES string of the molecule is CCOC(=O)C1=C(C)OC(N)=C(C#N)[C@H]1c1ccc(OC)c(COc2ccccc2Cl)c1. The molecule has 0 radical (unpaired) electrons. The number of nitrogens with zero attached hydrogens (tertiary/aromatic N) is 1. The van der Waals surface area contributed by atoms with Gasteiger partial charge in [-0.1, -0.05) is 29.8 Å². The standard InChI is InChI=1S/C24H23ClN2O5/c1-4-30-24(28)21-14(2)32-23(27)17(12-26)22(21)15-9-10-19(29-3)16(11-15)13-31-20-8-6-5-7-18(20)25/h5-11,22H,4,13,27H2,1-3H3/t22-/m1/s1. The summed E-state index contributed by atoms with van der Waals surface area (Å²) in [5, 5.41) is 10.2. The van der Waals surface area contributed by atoms with Crippen molar-refractivity contribution < 1.29 is 23.7 Å². The molecule has 0 aromatic heterocycles. The fraction of sp³-hybridized carbons (Fsp3) is 0.250. The summed E-state index contributed by atoms with van der Waals surface area (Å²) in [6, 6.07) is 14.5. The van der Waals surface area contributed by atoms with Crippen LogP contribution >= 0.6 is 11.6 Å². The van der Waals surface area contributed by atoms with E-state index in [1.165, 1.54) is 0 Å². The Balaban J connectivity index is 2.04. The van der Waals surface area contributed by atoms with E-state index in [-0.39, 0.29) is 36.0 Å². The molecule has 2 aromatic rings. The lowest BCUT2D eigenvalue weighted by atomic mass is 9.82. The minimum absolute atomic E-state index is 0.0484. The van der Waals surface area contributed by atoms with Crippen molar-refractivity contribution in [2.45, 2.75) is 26.4 Å². The van der Waals surface area contributed by atoms with Crippen molar-refractivity contribution in [1.82, 2.24) is 0 Å². The fourth-order valence-electron chi connectivity index (χ4n) is 3.50. The minimum Gasteiger partial charge on any atom is -0.496 e. The van der Waals surface area contributed by atoms with E-state index >= 15 is 0 Å². The topological polar surface area (TPSA) is 104 Å². The number of nitriles is 1. The molecule has 1 aliphatic heterocycles. The van der Waals surface area contributed by atoms with E-state index in [4.69, 9.17) is 36.3 Å². The summed E-state index contributed by atoms with van der Waals surface area (Å²) in [5.41, 5.74) is 7.67. The number of esters is 1. The summed E-state index contributed by atoms with van der Waals surface area (Å²) >= 11 is 6.19. The molecule has 0 amide bonds. The number of carbonyl (C=O) groups excluding carboxylic acids is 1. The fourth-order valence-corrected chi connectivity index (χ4v) is 3.69. The maximum atomic E-state index is 12.7. The van der Waals surface area contributed by atoms with Gasteiger partial charge in [0.25, 0.3) is 0 Å². The first-order valence-corrected chi connectivity index (χ1v) is 10.3. The van der Waals surface area contributed by atoms with Crippen molar-refractivity contribution in [3.63, 3.8) is 0 Å². The molecule has 0 saturated carbocycles. The van der Waals surface area contributed by atoms with Gasteiger partial charge in [0, 0.05) is 5.56 Å². The predicted octanol–water partition coefficient (Wildman–Crippen LogP) is 4.57. The molecular weight excluding hydrogens is 432 g/mol. The second-order valence-electron chi connectivity index (χ2n) is 6.91. The van der Waals surface area contributed by atoms with Crippen LogP contribution in [0.25, 0.3) is 0 Å². The normalized spacial score (nSPS) is 15.7. The van der Waals surface area contributed by atoms with Crippen LogP contribution in [-0.2, 0) is 20.9 Å². The van der Waals surface area contributed by atoms with Crippen LogP contribution in [0.4, 0.5) is 0 Å². The van der Waals surface area contributed by atoms with Crippen LogP contribution in [0.15, 0.2) is 65.3 Å². The van der Waals surface area contributed by atoms with Crippen LogP contribution in [0.2, 0.25) is 5.02 Å². The van der Waals surface area contributed by atoms with Crippen molar-refractivity contribution in [2.75, 3.05) is 13.7 Å². The van der Waals surface area contributed by atoms with Crippen molar-refractivity contribution in [2.24, 2.45) is 5.73 Å². The van der Waals surface area contributed by atoms with Gasteiger partial charge in [0.15, 0.2) is 0 Å². The van der Waals surface area contributed by atoms with Gasteiger partial charge >= 0.3 is 5.97 Å². The Morgan fingerprint density at radius 2 is 2.00 bits per heavy atom. The number of methoxy groups -OCH3 is 1. The highest BCUT2D eigenvalue weighted by atomic mass is 35.5. The molecular formula is C24H23ClN2O5. The van der Waals surface area contributed by atoms with Crippen molar-refractivity contribution in [3.8, 4) is 17.6 Å². The number of rotatable bonds is 7. The largest absolute Gasteiger partial charge is 0.496 e. The molecule has 0 bridgehead atoms. The lowest BCUT2D eigenvalue weighted by Gasteiger charge is -2.27. The summed E-state index contributed by atoms with van der Waals surface area (Å²) < 4.78 is 22.0. The summed E-state index contributed by atoms with van der Waals surface area (Å²) in [6.45, 7) is 3.66. The van der Waals surface area contributed by atoms with E-state index < -0.39 is 11.9 Å². The van der Waals surface area contributed by atoms with E-state index in [1.807, 2.05) is 18.2 Å². The van der Waals surface area contributed by atoms with Gasteiger partial charge in [-0.05, 0) is 43.7 Å². The molecule has 2 N–H and O–H groups in total. The third-order valence-electron chi connectivity index (χ3n) is 4.96. The van der Waals surface area contributed by atoms with Crippen LogP contribution in [-0.4, -0.2) is 19.7 Å². The van der Waals surface area contributed by atoms with Gasteiger partial charge in [-0.15, -0.1) is 0 Å². The summed E-state index contributed by atoms with van der Waals surface area (Å²) in [6.07, 6.45) is 0. The second-order valence-corrected chi connectivity index (χ2v) is 7.31. The Bertz CT molecular complexity index is 1130. The predicted molar refractivity (Wildman–Crippen MR) is 119 cm³/mol. The second kappa shape index (κ2) is 10.1. The number of allylic oxidation sites excluding steroid dienone is 2. The summed E-state index contributed by atoms with van der Waals surface area (Å²) in [7, 11) is 1.55. The van der Waals surface area contributed by atoms with Crippen LogP contribution in [0, 0.1) is 11.3 Å². The number of ether oxygens (including phenoxy) is 4. The number of benzene rings is 2. The van der Waals surface area contributed by atoms with Gasteiger partial charge in [-0.2, -0.15) is 5.26 Å². The molecule has 1 heterocycles. The first-order chi connectivity index (χ1) is 15.4. The molecule has 1 atom stereocenters. The van der Waals surface area contributed by atoms with Crippen molar-refractivity contribution in [3.05, 3.63) is 81.4 Å². The monoisotopic (exact) mass is 454 g/mol. The van der Waals surface area contributed by atoms with Crippen LogP contribution in [0.3, 0.4) is 0 Å². The van der Waals surface area contributed by atoms with Crippen LogP contribution in [0.1, 0.15) is 30.9 Å². The lowest BCUT2D eigenvalue weighted by Crippen LogP contribution is -2.25. The van der Waals surface area contributed by atoms with E-state index in [1.54, 1.807) is 45.2 Å². The lowest BCUT2D eigenvalue weighted by molar-refractivity contribution is -0.139. The van der Waals surface area contributed by atoms with Gasteiger partial charge in [0.2, 0.25) is 5.88 Å². The molecule has 2 aromatic carbocycles. The molecule has 0 fully saturated rings. The molecule has 7 nitrogen and oxygen atoms in total. The molecule has 8 heteroatoms. The van der Waals surface area contributed by atoms with Crippen LogP contribution in [0.5, 0.6) is 11.5 Å². The highest BCUT2D eigenvalue weighted by Crippen LogP contribution is 2.41. The Hall–Kier alpha value is -3.63. The molecule has 0 saturated heterocycles. The number of nitrogens with two attached hydrogens (primary N) is 1. The van der Waals surface area contributed by atoms with E-state index in [0.29, 0.717) is 27.6 Å². The van der Waals surface area contributed by atoms with Crippen LogP contribution < -0.4 is 15.2 Å². The highest BCUT2D eigenvalue weighted by molar-refractivity contribution is 6.32. The average molecular weight is 455 g/mol. The Kier molecular flexibility index (Phi) is 7.29. The molecule has 3 rings (SSSR count). The smallest absolute Gasteiger partial charge is 0.338 e. The molecule has 0 spiro atoms. The zero-order valence-electron chi connectivity index (χ0n) is 18.0. The van der Waals surface area contributed by atoms with Gasteiger partial charge in [-0.25, -0.2) is 4.79 Å². The zero-order valence-corrected chi connectivity index (χ0v) is 18.7. The van der Waals surface area contributed by atoms with Gasteiger partial charge in [-0.3, -0.25) is 0 Å². The van der Waals surface area contributed by atoms with E-state index in [0.717, 1.165) is 0 Å². The number of carbonyl (C=O) groups is 1. The molecule has 166 valence electrons. The molecule has 0 unspecified atom stereocenters. The molecule has 0 aliphatic carbocycles. The quantitative estimate of drug-likeness (QED) is 0.611. The number of hydrogen-bond donors (Lipinski definition) is 1. The first kappa shape index (κ1) is 23.0. The average Bonchev–Trinajstić information content (AvgIpc) is 2.78. The summed E-state index contributed by atoms with van der Waals surface area (Å²) in [5.74, 6) is 0.0271. The Labute approximate surface area is 191 Å². The Morgan fingerprint density at radius 3 is 2.66 bits per heavy atom. The molecule has 32 heavy (non-hydrogen) atoms. The highest BCUT2D eigenvalue weighted by Gasteiger charge is 2.36. The van der Waals surface area contributed by atoms with Crippen molar-refractivity contribution in [1.29, 1.82) is 5.26 Å². The first-order valence-electron chi connectivity index (χ1n) is 9.90. The Morgan fingerprint density at radius 1 is 1.25 bits per heavy atom. The number of hydrogen-bond acceptors (Lipinski definition) is 7. The van der Waals surface area contributed by atoms with Gasteiger partial charge in [0.05, 0.1) is 30.2 Å². The maximum Gasteiger partial charge on any atom is 0.338 e. The number of para-hydroxylation sites is 1. The zero-order chi connectivity index (χ0) is 23.3. The maximum absolute atomic E-state index is 12.7.